The van der Waals surface area contributed by atoms with Crippen molar-refractivity contribution in [3.05, 3.63) is 65.2 Å². The van der Waals surface area contributed by atoms with Gasteiger partial charge in [-0.15, -0.1) is 0 Å². The van der Waals surface area contributed by atoms with E-state index in [1.807, 2.05) is 54.6 Å². The fraction of sp³-hybridized carbons (Fsp3) is 0.400. The topological polar surface area (TPSA) is 69.7 Å². The lowest BCUT2D eigenvalue weighted by Gasteiger charge is -2.42. The Morgan fingerprint density at radius 2 is 1.91 bits per heavy atom. The van der Waals surface area contributed by atoms with Crippen LogP contribution in [0.3, 0.4) is 0 Å². The van der Waals surface area contributed by atoms with Gasteiger partial charge in [-0.3, -0.25) is 9.59 Å². The first kappa shape index (κ1) is 23.4. The molecule has 1 saturated heterocycles. The minimum atomic E-state index is -0.665. The first-order chi connectivity index (χ1) is 16.0. The van der Waals surface area contributed by atoms with Crippen molar-refractivity contribution in [1.29, 1.82) is 0 Å². The highest BCUT2D eigenvalue weighted by atomic mass is 35.5. The quantitative estimate of drug-likeness (QED) is 0.480. The molecule has 2 amide bonds. The second-order valence-electron chi connectivity index (χ2n) is 9.03. The van der Waals surface area contributed by atoms with Crippen LogP contribution in [0.5, 0.6) is 0 Å². The molecule has 0 bridgehead atoms. The van der Waals surface area contributed by atoms with Crippen molar-refractivity contribution in [2.45, 2.75) is 44.1 Å². The van der Waals surface area contributed by atoms with E-state index >= 15 is 0 Å². The number of amides is 2. The van der Waals surface area contributed by atoms with Crippen LogP contribution in [0.1, 0.15) is 31.2 Å². The number of carbonyl (C=O) groups is 3. The SMILES string of the molecule is O=CBCC1CCC2(CC1)C(=O)N(CC(=O)NCc1ccccc1)CN2c1cccc(Cl)c1. The third-order valence-electron chi connectivity index (χ3n) is 6.93. The number of benzene rings is 2. The highest BCUT2D eigenvalue weighted by Gasteiger charge is 2.54. The van der Waals surface area contributed by atoms with Crippen molar-refractivity contribution in [1.82, 2.24) is 10.2 Å². The molecule has 1 aliphatic carbocycles. The second kappa shape index (κ2) is 10.4. The van der Waals surface area contributed by atoms with E-state index in [0.29, 0.717) is 44.3 Å². The molecule has 2 aromatic carbocycles. The molecule has 1 aliphatic heterocycles. The predicted molar refractivity (Wildman–Crippen MR) is 132 cm³/mol. The molecule has 1 N–H and O–H groups in total. The van der Waals surface area contributed by atoms with E-state index in [1.54, 1.807) is 4.90 Å². The zero-order chi connectivity index (χ0) is 23.3. The molecule has 8 heteroatoms. The Hall–Kier alpha value is -2.80. The summed E-state index contributed by atoms with van der Waals surface area (Å²) in [6, 6.07) is 17.3. The van der Waals surface area contributed by atoms with Crippen molar-refractivity contribution >= 4 is 42.6 Å². The Bertz CT molecular complexity index is 995. The minimum Gasteiger partial charge on any atom is -0.350 e. The average Bonchev–Trinajstić information content (AvgIpc) is 3.09. The predicted octanol–water partition coefficient (Wildman–Crippen LogP) is 3.24. The molecule has 0 unspecified atom stereocenters. The van der Waals surface area contributed by atoms with Gasteiger partial charge in [-0.25, -0.2) is 0 Å². The largest absolute Gasteiger partial charge is 0.350 e. The second-order valence-corrected chi connectivity index (χ2v) is 9.47. The molecule has 33 heavy (non-hydrogen) atoms. The number of anilines is 1. The van der Waals surface area contributed by atoms with Gasteiger partial charge in [0.1, 0.15) is 12.1 Å². The lowest BCUT2D eigenvalue weighted by molar-refractivity contribution is -0.137. The van der Waals surface area contributed by atoms with E-state index in [0.717, 1.165) is 36.6 Å². The van der Waals surface area contributed by atoms with Crippen LogP contribution in [0.4, 0.5) is 5.69 Å². The summed E-state index contributed by atoms with van der Waals surface area (Å²) in [5, 5.41) is 3.55. The fourth-order valence-corrected chi connectivity index (χ4v) is 5.32. The monoisotopic (exact) mass is 465 g/mol. The first-order valence-electron chi connectivity index (χ1n) is 11.6. The molecule has 172 valence electrons. The molecular formula is C25H29BClN3O3. The van der Waals surface area contributed by atoms with Crippen LogP contribution in [0.25, 0.3) is 0 Å². The summed E-state index contributed by atoms with van der Waals surface area (Å²) in [5.74, 6) is 0.291. The summed E-state index contributed by atoms with van der Waals surface area (Å²) in [7, 11) is 0.567. The number of hydrogen-bond acceptors (Lipinski definition) is 4. The number of rotatable bonds is 8. The van der Waals surface area contributed by atoms with Crippen molar-refractivity contribution in [2.24, 2.45) is 5.92 Å². The summed E-state index contributed by atoms with van der Waals surface area (Å²) >= 11 is 6.27. The Morgan fingerprint density at radius 1 is 1.15 bits per heavy atom. The van der Waals surface area contributed by atoms with Gasteiger partial charge >= 0.3 is 0 Å². The molecule has 0 atom stereocenters. The summed E-state index contributed by atoms with van der Waals surface area (Å²) in [4.78, 5) is 41.0. The molecule has 2 aromatic rings. The summed E-state index contributed by atoms with van der Waals surface area (Å²) in [6.07, 6.45) is 5.05. The van der Waals surface area contributed by atoms with Crippen LogP contribution in [-0.2, 0) is 20.9 Å². The number of nitrogens with zero attached hydrogens (tertiary/aromatic N) is 2. The number of nitrogens with one attached hydrogen (secondary N) is 1. The van der Waals surface area contributed by atoms with Crippen molar-refractivity contribution in [3.8, 4) is 0 Å². The Kier molecular flexibility index (Phi) is 7.38. The maximum Gasteiger partial charge on any atom is 0.250 e. The third-order valence-corrected chi connectivity index (χ3v) is 7.16. The molecule has 0 radical (unpaired) electrons. The Labute approximate surface area is 200 Å². The van der Waals surface area contributed by atoms with Gasteiger partial charge in [0, 0.05) is 17.3 Å². The standard InChI is InChI=1S/C25H29BClN3O3/c27-21-7-4-8-22(13-21)30-18-29(16-23(32)28-15-20-5-2-1-3-6-20)24(33)25(30)11-9-19(10-12-25)14-26-17-31/h1-8,13,17,19,26H,9-12,14-16,18H2,(H,28,32). The van der Waals surface area contributed by atoms with Gasteiger partial charge in [0.15, 0.2) is 0 Å². The number of hydrogen-bond donors (Lipinski definition) is 1. The van der Waals surface area contributed by atoms with Crippen LogP contribution >= 0.6 is 11.6 Å². The minimum absolute atomic E-state index is 0.00572. The van der Waals surface area contributed by atoms with Crippen LogP contribution in [0.2, 0.25) is 11.3 Å². The lowest BCUT2D eigenvalue weighted by Crippen LogP contribution is -2.52. The van der Waals surface area contributed by atoms with E-state index in [9.17, 15) is 14.4 Å². The molecule has 6 nitrogen and oxygen atoms in total. The van der Waals surface area contributed by atoms with Crippen LogP contribution in [-0.4, -0.2) is 48.9 Å². The van der Waals surface area contributed by atoms with Gasteiger partial charge < -0.3 is 19.9 Å². The number of carbonyl (C=O) groups excluding carboxylic acids is 3. The third kappa shape index (κ3) is 5.24. The Morgan fingerprint density at radius 3 is 2.61 bits per heavy atom. The van der Waals surface area contributed by atoms with Gasteiger partial charge in [-0.1, -0.05) is 54.3 Å². The zero-order valence-corrected chi connectivity index (χ0v) is 19.5. The number of halogens is 1. The van der Waals surface area contributed by atoms with Crippen LogP contribution < -0.4 is 10.2 Å². The van der Waals surface area contributed by atoms with E-state index in [2.05, 4.69) is 10.2 Å². The zero-order valence-electron chi connectivity index (χ0n) is 18.7. The lowest BCUT2D eigenvalue weighted by atomic mass is 9.65. The smallest absolute Gasteiger partial charge is 0.250 e. The molecular weight excluding hydrogens is 437 g/mol. The molecule has 4 rings (SSSR count). The molecule has 2 aliphatic rings. The highest BCUT2D eigenvalue weighted by Crippen LogP contribution is 2.44. The molecule has 1 spiro atoms. The highest BCUT2D eigenvalue weighted by molar-refractivity contribution is 6.66. The van der Waals surface area contributed by atoms with Crippen LogP contribution in [0, 0.1) is 5.92 Å². The van der Waals surface area contributed by atoms with Crippen molar-refractivity contribution < 1.29 is 14.4 Å². The van der Waals surface area contributed by atoms with Gasteiger partial charge in [0.2, 0.25) is 19.1 Å². The average molecular weight is 466 g/mol. The molecule has 1 saturated carbocycles. The normalized spacial score (nSPS) is 22.5. The first-order valence-corrected chi connectivity index (χ1v) is 12.0. The summed E-state index contributed by atoms with van der Waals surface area (Å²) in [5.41, 5.74) is 1.25. The van der Waals surface area contributed by atoms with Crippen molar-refractivity contribution in [3.63, 3.8) is 0 Å². The van der Waals surface area contributed by atoms with Gasteiger partial charge in [-0.2, -0.15) is 0 Å². The van der Waals surface area contributed by atoms with Crippen molar-refractivity contribution in [2.75, 3.05) is 18.1 Å². The van der Waals surface area contributed by atoms with Gasteiger partial charge in [0.25, 0.3) is 0 Å². The van der Waals surface area contributed by atoms with E-state index in [-0.39, 0.29) is 18.4 Å². The maximum absolute atomic E-state index is 13.7. The summed E-state index contributed by atoms with van der Waals surface area (Å²) in [6.45, 7) is 0.819. The van der Waals surface area contributed by atoms with E-state index in [1.165, 1.54) is 0 Å². The van der Waals surface area contributed by atoms with Gasteiger partial charge in [0.05, 0.1) is 12.9 Å². The molecule has 0 aromatic heterocycles. The van der Waals surface area contributed by atoms with Gasteiger partial charge in [-0.05, 0) is 55.4 Å². The fourth-order valence-electron chi connectivity index (χ4n) is 5.13. The molecule has 1 heterocycles. The van der Waals surface area contributed by atoms with E-state index < -0.39 is 5.54 Å². The molecule has 2 fully saturated rings. The Balaban J connectivity index is 1.48. The van der Waals surface area contributed by atoms with Crippen LogP contribution in [0.15, 0.2) is 54.6 Å². The maximum atomic E-state index is 13.7. The van der Waals surface area contributed by atoms with E-state index in [4.69, 9.17) is 11.6 Å². The summed E-state index contributed by atoms with van der Waals surface area (Å²) < 4.78 is 0.